The molecular weight excluding hydrogens is 300 g/mol. The highest BCUT2D eigenvalue weighted by molar-refractivity contribution is 6.31. The van der Waals surface area contributed by atoms with Crippen molar-refractivity contribution in [3.63, 3.8) is 0 Å². The summed E-state index contributed by atoms with van der Waals surface area (Å²) in [6.45, 7) is 10.4. The molecule has 1 fully saturated rings. The summed E-state index contributed by atoms with van der Waals surface area (Å²) in [6, 6.07) is 8.01. The van der Waals surface area contributed by atoms with Gasteiger partial charge in [-0.25, -0.2) is 0 Å². The number of hydrogen-bond acceptors (Lipinski definition) is 4. The summed E-state index contributed by atoms with van der Waals surface area (Å²) < 4.78 is 5.44. The summed E-state index contributed by atoms with van der Waals surface area (Å²) in [5, 5.41) is 11.1. The fourth-order valence-corrected chi connectivity index (χ4v) is 3.24. The van der Waals surface area contributed by atoms with Gasteiger partial charge in [-0.1, -0.05) is 29.8 Å². The van der Waals surface area contributed by atoms with Gasteiger partial charge in [0, 0.05) is 56.0 Å². The Hall–Kier alpha value is -0.650. The summed E-state index contributed by atoms with van der Waals surface area (Å²) in [5.74, 6) is 0. The minimum absolute atomic E-state index is 0.479. The highest BCUT2D eigenvalue weighted by Crippen LogP contribution is 2.24. The van der Waals surface area contributed by atoms with Crippen LogP contribution in [0.25, 0.3) is 0 Å². The van der Waals surface area contributed by atoms with E-state index in [1.54, 1.807) is 0 Å². The zero-order valence-electron chi connectivity index (χ0n) is 13.5. The van der Waals surface area contributed by atoms with E-state index in [9.17, 15) is 5.11 Å². The number of benzene rings is 1. The fraction of sp³-hybridized carbons (Fsp3) is 0.647. The number of aliphatic hydroxyl groups excluding tert-OH is 1. The second kappa shape index (κ2) is 8.85. The molecule has 2 rings (SSSR count). The molecule has 1 saturated heterocycles. The molecular formula is C17H27ClN2O2. The first kappa shape index (κ1) is 17.7. The van der Waals surface area contributed by atoms with Crippen LogP contribution in [0.4, 0.5) is 0 Å². The van der Waals surface area contributed by atoms with Gasteiger partial charge in [0.1, 0.15) is 0 Å². The molecule has 0 aliphatic carbocycles. The average Bonchev–Trinajstić information content (AvgIpc) is 2.50. The number of piperazine rings is 1. The molecule has 0 amide bonds. The normalized spacial score (nSPS) is 21.9. The van der Waals surface area contributed by atoms with E-state index in [-0.39, 0.29) is 0 Å². The van der Waals surface area contributed by atoms with Crippen molar-refractivity contribution in [2.24, 2.45) is 0 Å². The van der Waals surface area contributed by atoms with Crippen LogP contribution in [0.15, 0.2) is 24.3 Å². The molecule has 1 heterocycles. The third-order valence-electron chi connectivity index (χ3n) is 4.27. The summed E-state index contributed by atoms with van der Waals surface area (Å²) in [7, 11) is 0. The van der Waals surface area contributed by atoms with Crippen molar-refractivity contribution < 1.29 is 9.84 Å². The molecule has 2 unspecified atom stereocenters. The zero-order chi connectivity index (χ0) is 15.9. The standard InChI is InChI=1S/C17H27ClN2O2/c1-3-22-11-10-20-9-8-19(12-14(20)2)13-17(21)15-6-4-5-7-16(15)18/h4-7,14,17,21H,3,8-13H2,1-2H3. The average molecular weight is 327 g/mol. The Balaban J connectivity index is 1.82. The molecule has 1 N–H and O–H groups in total. The minimum Gasteiger partial charge on any atom is -0.387 e. The molecule has 1 aliphatic rings. The molecule has 0 bridgehead atoms. The van der Waals surface area contributed by atoms with Crippen LogP contribution in [0.5, 0.6) is 0 Å². The molecule has 1 aromatic rings. The number of rotatable bonds is 7. The van der Waals surface area contributed by atoms with Crippen molar-refractivity contribution in [3.8, 4) is 0 Å². The molecule has 0 aromatic heterocycles. The van der Waals surface area contributed by atoms with Crippen molar-refractivity contribution in [2.75, 3.05) is 45.9 Å². The lowest BCUT2D eigenvalue weighted by atomic mass is 10.1. The first-order chi connectivity index (χ1) is 10.6. The first-order valence-electron chi connectivity index (χ1n) is 8.08. The summed E-state index contributed by atoms with van der Waals surface area (Å²) >= 11 is 6.16. The highest BCUT2D eigenvalue weighted by atomic mass is 35.5. The van der Waals surface area contributed by atoms with E-state index in [0.29, 0.717) is 17.6 Å². The van der Waals surface area contributed by atoms with Crippen LogP contribution < -0.4 is 0 Å². The molecule has 0 saturated carbocycles. The maximum atomic E-state index is 10.4. The quantitative estimate of drug-likeness (QED) is 0.781. The Morgan fingerprint density at radius 3 is 2.82 bits per heavy atom. The Morgan fingerprint density at radius 1 is 1.36 bits per heavy atom. The van der Waals surface area contributed by atoms with E-state index < -0.39 is 6.10 Å². The SMILES string of the molecule is CCOCCN1CCN(CC(O)c2ccccc2Cl)CC1C. The maximum Gasteiger partial charge on any atom is 0.0931 e. The highest BCUT2D eigenvalue weighted by Gasteiger charge is 2.25. The van der Waals surface area contributed by atoms with Crippen LogP contribution in [-0.2, 0) is 4.74 Å². The fourth-order valence-electron chi connectivity index (χ4n) is 2.98. The van der Waals surface area contributed by atoms with Crippen molar-refractivity contribution in [3.05, 3.63) is 34.9 Å². The summed E-state index contributed by atoms with van der Waals surface area (Å²) in [6.07, 6.45) is -0.532. The molecule has 2 atom stereocenters. The predicted molar refractivity (Wildman–Crippen MR) is 90.4 cm³/mol. The molecule has 22 heavy (non-hydrogen) atoms. The van der Waals surface area contributed by atoms with Gasteiger partial charge in [0.2, 0.25) is 0 Å². The van der Waals surface area contributed by atoms with Gasteiger partial charge in [-0.15, -0.1) is 0 Å². The van der Waals surface area contributed by atoms with Crippen molar-refractivity contribution in [1.82, 2.24) is 9.80 Å². The number of hydrogen-bond donors (Lipinski definition) is 1. The van der Waals surface area contributed by atoms with E-state index in [0.717, 1.165) is 45.0 Å². The van der Waals surface area contributed by atoms with E-state index in [4.69, 9.17) is 16.3 Å². The van der Waals surface area contributed by atoms with Gasteiger partial charge >= 0.3 is 0 Å². The molecule has 0 spiro atoms. The van der Waals surface area contributed by atoms with E-state index in [1.807, 2.05) is 31.2 Å². The summed E-state index contributed by atoms with van der Waals surface area (Å²) in [5.41, 5.74) is 0.815. The van der Waals surface area contributed by atoms with Crippen LogP contribution in [0.2, 0.25) is 5.02 Å². The van der Waals surface area contributed by atoms with Crippen molar-refractivity contribution >= 4 is 11.6 Å². The number of nitrogens with zero attached hydrogens (tertiary/aromatic N) is 2. The lowest BCUT2D eigenvalue weighted by molar-refractivity contribution is 0.0280. The van der Waals surface area contributed by atoms with Gasteiger partial charge in [0.05, 0.1) is 12.7 Å². The Labute approximate surface area is 138 Å². The van der Waals surface area contributed by atoms with Gasteiger partial charge in [0.15, 0.2) is 0 Å². The molecule has 5 heteroatoms. The topological polar surface area (TPSA) is 35.9 Å². The number of ether oxygens (including phenoxy) is 1. The third kappa shape index (κ3) is 4.93. The lowest BCUT2D eigenvalue weighted by Gasteiger charge is -2.40. The second-order valence-electron chi connectivity index (χ2n) is 5.88. The smallest absolute Gasteiger partial charge is 0.0931 e. The van der Waals surface area contributed by atoms with E-state index in [2.05, 4.69) is 16.7 Å². The largest absolute Gasteiger partial charge is 0.387 e. The lowest BCUT2D eigenvalue weighted by Crippen LogP contribution is -2.53. The van der Waals surface area contributed by atoms with Crippen LogP contribution in [0.3, 0.4) is 0 Å². The van der Waals surface area contributed by atoms with E-state index in [1.165, 1.54) is 0 Å². The van der Waals surface area contributed by atoms with Crippen LogP contribution in [0.1, 0.15) is 25.5 Å². The Bertz CT molecular complexity index is 458. The van der Waals surface area contributed by atoms with Gasteiger partial charge in [0.25, 0.3) is 0 Å². The Morgan fingerprint density at radius 2 is 2.14 bits per heavy atom. The first-order valence-corrected chi connectivity index (χ1v) is 8.46. The van der Waals surface area contributed by atoms with Crippen molar-refractivity contribution in [1.29, 1.82) is 0 Å². The number of β-amino-alcohol motifs (C(OH)–C–C–N with tert-alkyl or cyclic N) is 1. The third-order valence-corrected chi connectivity index (χ3v) is 4.62. The summed E-state index contributed by atoms with van der Waals surface area (Å²) in [4.78, 5) is 4.77. The Kier molecular flexibility index (Phi) is 7.12. The molecule has 124 valence electrons. The maximum absolute atomic E-state index is 10.4. The van der Waals surface area contributed by atoms with Crippen LogP contribution in [-0.4, -0.2) is 66.9 Å². The van der Waals surface area contributed by atoms with Crippen molar-refractivity contribution in [2.45, 2.75) is 26.0 Å². The number of halogens is 1. The number of aliphatic hydroxyl groups is 1. The van der Waals surface area contributed by atoms with Gasteiger partial charge < -0.3 is 9.84 Å². The van der Waals surface area contributed by atoms with Crippen LogP contribution >= 0.6 is 11.6 Å². The minimum atomic E-state index is -0.532. The predicted octanol–water partition coefficient (Wildman–Crippen LogP) is 2.42. The zero-order valence-corrected chi connectivity index (χ0v) is 14.3. The van der Waals surface area contributed by atoms with Gasteiger partial charge in [-0.05, 0) is 19.9 Å². The van der Waals surface area contributed by atoms with Crippen LogP contribution in [0, 0.1) is 0 Å². The van der Waals surface area contributed by atoms with Gasteiger partial charge in [-0.3, -0.25) is 9.80 Å². The molecule has 1 aliphatic heterocycles. The van der Waals surface area contributed by atoms with Gasteiger partial charge in [-0.2, -0.15) is 0 Å². The van der Waals surface area contributed by atoms with E-state index >= 15 is 0 Å². The molecule has 1 aromatic carbocycles. The molecule has 4 nitrogen and oxygen atoms in total. The second-order valence-corrected chi connectivity index (χ2v) is 6.29. The monoisotopic (exact) mass is 326 g/mol. The molecule has 0 radical (unpaired) electrons.